The van der Waals surface area contributed by atoms with Gasteiger partial charge in [0.1, 0.15) is 5.82 Å². The Bertz CT molecular complexity index is 1080. The van der Waals surface area contributed by atoms with Crippen LogP contribution >= 0.6 is 0 Å². The molecule has 0 aliphatic heterocycles. The Balaban J connectivity index is 1.18. The summed E-state index contributed by atoms with van der Waals surface area (Å²) < 4.78 is 0. The third kappa shape index (κ3) is 4.17. The minimum atomic E-state index is 0.614. The van der Waals surface area contributed by atoms with Crippen molar-refractivity contribution in [3.63, 3.8) is 0 Å². The largest absolute Gasteiger partial charge is 0.345 e. The summed E-state index contributed by atoms with van der Waals surface area (Å²) in [5, 5.41) is 6.58. The Kier molecular flexibility index (Phi) is 5.62. The van der Waals surface area contributed by atoms with E-state index in [2.05, 4.69) is 82.0 Å². The van der Waals surface area contributed by atoms with Gasteiger partial charge in [-0.25, -0.2) is 4.98 Å². The molecule has 3 nitrogen and oxygen atoms in total. The van der Waals surface area contributed by atoms with Gasteiger partial charge in [-0.05, 0) is 60.0 Å². The van der Waals surface area contributed by atoms with Crippen LogP contribution in [0.25, 0.3) is 22.2 Å². The molecule has 5 rings (SSSR count). The first-order chi connectivity index (χ1) is 14.9. The van der Waals surface area contributed by atoms with E-state index in [0.717, 1.165) is 24.4 Å². The molecule has 0 spiro atoms. The van der Waals surface area contributed by atoms with Gasteiger partial charge in [0.05, 0.1) is 0 Å². The molecule has 1 heterocycles. The quantitative estimate of drug-likeness (QED) is 0.415. The molecule has 2 unspecified atom stereocenters. The van der Waals surface area contributed by atoms with Crippen molar-refractivity contribution in [2.75, 3.05) is 6.54 Å². The highest BCUT2D eigenvalue weighted by atomic mass is 14.9. The lowest BCUT2D eigenvalue weighted by molar-refractivity contribution is 0.341. The van der Waals surface area contributed by atoms with Crippen LogP contribution in [0.2, 0.25) is 0 Å². The maximum absolute atomic E-state index is 4.35. The van der Waals surface area contributed by atoms with Crippen LogP contribution in [0, 0.1) is 0 Å². The summed E-state index contributed by atoms with van der Waals surface area (Å²) in [4.78, 5) is 7.54. The standard InChI is InChI=1S/C27H29N3/c1-2-10-26-21(5-1)6-3-7-22(26)15-16-28-25-9-4-8-24(19-25)20-11-13-23(14-12-20)27-29-17-18-30-27/h1-3,5-7,10-14,17-18,24-25,28H,4,8-9,15-16,19H2,(H,29,30). The molecule has 1 saturated carbocycles. The summed E-state index contributed by atoms with van der Waals surface area (Å²) in [6.45, 7) is 1.04. The maximum Gasteiger partial charge on any atom is 0.137 e. The monoisotopic (exact) mass is 395 g/mol. The van der Waals surface area contributed by atoms with Crippen molar-refractivity contribution >= 4 is 10.8 Å². The van der Waals surface area contributed by atoms with Gasteiger partial charge < -0.3 is 10.3 Å². The molecule has 3 aromatic carbocycles. The molecule has 0 amide bonds. The van der Waals surface area contributed by atoms with Crippen molar-refractivity contribution in [1.82, 2.24) is 15.3 Å². The summed E-state index contributed by atoms with van der Waals surface area (Å²) in [5.41, 5.74) is 4.07. The first kappa shape index (κ1) is 19.1. The molecule has 4 aromatic rings. The summed E-state index contributed by atoms with van der Waals surface area (Å²) in [6.07, 6.45) is 9.88. The molecule has 1 aliphatic rings. The van der Waals surface area contributed by atoms with Crippen LogP contribution in [0.3, 0.4) is 0 Å². The van der Waals surface area contributed by atoms with Gasteiger partial charge in [-0.3, -0.25) is 0 Å². The molecule has 0 bridgehead atoms. The maximum atomic E-state index is 4.35. The summed E-state index contributed by atoms with van der Waals surface area (Å²) >= 11 is 0. The summed E-state index contributed by atoms with van der Waals surface area (Å²) in [7, 11) is 0. The van der Waals surface area contributed by atoms with Gasteiger partial charge in [0.25, 0.3) is 0 Å². The minimum Gasteiger partial charge on any atom is -0.345 e. The lowest BCUT2D eigenvalue weighted by Gasteiger charge is -2.30. The zero-order valence-corrected chi connectivity index (χ0v) is 17.4. The second kappa shape index (κ2) is 8.85. The zero-order valence-electron chi connectivity index (χ0n) is 17.4. The Morgan fingerprint density at radius 3 is 2.67 bits per heavy atom. The molecular weight excluding hydrogens is 366 g/mol. The van der Waals surface area contributed by atoms with E-state index in [1.54, 1.807) is 6.20 Å². The van der Waals surface area contributed by atoms with Crippen LogP contribution in [-0.2, 0) is 6.42 Å². The molecule has 152 valence electrons. The fourth-order valence-electron chi connectivity index (χ4n) is 4.94. The first-order valence-electron chi connectivity index (χ1n) is 11.2. The number of imidazole rings is 1. The van der Waals surface area contributed by atoms with Gasteiger partial charge in [-0.1, -0.05) is 73.2 Å². The van der Waals surface area contributed by atoms with Crippen molar-refractivity contribution < 1.29 is 0 Å². The van der Waals surface area contributed by atoms with Crippen LogP contribution in [0.4, 0.5) is 0 Å². The van der Waals surface area contributed by atoms with Gasteiger partial charge >= 0.3 is 0 Å². The third-order valence-corrected chi connectivity index (χ3v) is 6.54. The van der Waals surface area contributed by atoms with Gasteiger partial charge in [0.2, 0.25) is 0 Å². The lowest BCUT2D eigenvalue weighted by Crippen LogP contribution is -2.34. The smallest absolute Gasteiger partial charge is 0.137 e. The molecule has 3 heteroatoms. The fourth-order valence-corrected chi connectivity index (χ4v) is 4.94. The lowest BCUT2D eigenvalue weighted by atomic mass is 9.81. The Hall–Kier alpha value is -2.91. The van der Waals surface area contributed by atoms with Crippen molar-refractivity contribution in [3.05, 3.63) is 90.3 Å². The minimum absolute atomic E-state index is 0.614. The average Bonchev–Trinajstić information content (AvgIpc) is 3.35. The van der Waals surface area contributed by atoms with E-state index in [0.29, 0.717) is 12.0 Å². The van der Waals surface area contributed by atoms with Gasteiger partial charge in [0, 0.05) is 24.0 Å². The molecule has 30 heavy (non-hydrogen) atoms. The third-order valence-electron chi connectivity index (χ3n) is 6.54. The number of H-pyrrole nitrogens is 1. The second-order valence-corrected chi connectivity index (χ2v) is 8.46. The van der Waals surface area contributed by atoms with E-state index in [1.165, 1.54) is 47.6 Å². The van der Waals surface area contributed by atoms with E-state index < -0.39 is 0 Å². The van der Waals surface area contributed by atoms with Gasteiger partial charge in [-0.15, -0.1) is 0 Å². The van der Waals surface area contributed by atoms with Crippen molar-refractivity contribution in [3.8, 4) is 11.4 Å². The molecule has 1 fully saturated rings. The summed E-state index contributed by atoms with van der Waals surface area (Å²) in [5.74, 6) is 1.60. The molecule has 0 saturated heterocycles. The summed E-state index contributed by atoms with van der Waals surface area (Å²) in [6, 6.07) is 25.0. The van der Waals surface area contributed by atoms with Crippen molar-refractivity contribution in [2.24, 2.45) is 0 Å². The Morgan fingerprint density at radius 2 is 1.80 bits per heavy atom. The van der Waals surface area contributed by atoms with E-state index in [9.17, 15) is 0 Å². The molecular formula is C27H29N3. The average molecular weight is 396 g/mol. The van der Waals surface area contributed by atoms with Crippen LogP contribution in [0.5, 0.6) is 0 Å². The van der Waals surface area contributed by atoms with E-state index in [4.69, 9.17) is 0 Å². The van der Waals surface area contributed by atoms with Crippen LogP contribution < -0.4 is 5.32 Å². The zero-order chi connectivity index (χ0) is 20.2. The number of hydrogen-bond donors (Lipinski definition) is 2. The molecule has 1 aliphatic carbocycles. The Morgan fingerprint density at radius 1 is 0.933 bits per heavy atom. The van der Waals surface area contributed by atoms with Crippen molar-refractivity contribution in [2.45, 2.75) is 44.1 Å². The predicted octanol–water partition coefficient (Wildman–Crippen LogP) is 6.09. The van der Waals surface area contributed by atoms with Crippen molar-refractivity contribution in [1.29, 1.82) is 0 Å². The number of nitrogens with zero attached hydrogens (tertiary/aromatic N) is 1. The highest BCUT2D eigenvalue weighted by Crippen LogP contribution is 2.33. The van der Waals surface area contributed by atoms with Gasteiger partial charge in [0.15, 0.2) is 0 Å². The topological polar surface area (TPSA) is 40.7 Å². The molecule has 2 atom stereocenters. The molecule has 2 N–H and O–H groups in total. The Labute approximate surface area is 178 Å². The van der Waals surface area contributed by atoms with Crippen LogP contribution in [0.1, 0.15) is 42.7 Å². The highest BCUT2D eigenvalue weighted by molar-refractivity contribution is 5.85. The molecule has 0 radical (unpaired) electrons. The first-order valence-corrected chi connectivity index (χ1v) is 11.2. The number of rotatable bonds is 6. The number of benzene rings is 3. The SMILES string of the molecule is c1ccc2c(CCNC3CCCC(c4ccc(-c5ncc[nH]5)cc4)C3)cccc2c1. The number of hydrogen-bond acceptors (Lipinski definition) is 2. The van der Waals surface area contributed by atoms with E-state index >= 15 is 0 Å². The fraction of sp³-hybridized carbons (Fsp3) is 0.296. The normalized spacial score (nSPS) is 19.2. The number of fused-ring (bicyclic) bond motifs is 1. The molecule has 1 aromatic heterocycles. The van der Waals surface area contributed by atoms with Gasteiger partial charge in [-0.2, -0.15) is 0 Å². The number of nitrogens with one attached hydrogen (secondary N) is 2. The second-order valence-electron chi connectivity index (χ2n) is 8.46. The van der Waals surface area contributed by atoms with Crippen LogP contribution in [0.15, 0.2) is 79.1 Å². The van der Waals surface area contributed by atoms with E-state index in [-0.39, 0.29) is 0 Å². The predicted molar refractivity (Wildman–Crippen MR) is 125 cm³/mol. The van der Waals surface area contributed by atoms with Crippen LogP contribution in [-0.4, -0.2) is 22.6 Å². The highest BCUT2D eigenvalue weighted by Gasteiger charge is 2.23. The number of aromatic amines is 1. The number of aromatic nitrogens is 2. The van der Waals surface area contributed by atoms with E-state index in [1.807, 2.05) is 6.20 Å².